The number of hydrogen-bond donors (Lipinski definition) is 1. The predicted molar refractivity (Wildman–Crippen MR) is 75.4 cm³/mol. The molecule has 0 fully saturated rings. The Morgan fingerprint density at radius 1 is 1.33 bits per heavy atom. The van der Waals surface area contributed by atoms with Crippen molar-refractivity contribution < 1.29 is 4.79 Å². The van der Waals surface area contributed by atoms with Gasteiger partial charge in [0.15, 0.2) is 0 Å². The van der Waals surface area contributed by atoms with Crippen molar-refractivity contribution in [2.75, 3.05) is 0 Å². The van der Waals surface area contributed by atoms with Crippen molar-refractivity contribution in [2.45, 2.75) is 45.6 Å². The van der Waals surface area contributed by atoms with Gasteiger partial charge in [0, 0.05) is 17.2 Å². The van der Waals surface area contributed by atoms with E-state index in [4.69, 9.17) is 6.42 Å². The molecule has 0 saturated heterocycles. The number of unbranched alkanes of at least 4 members (excludes halogenated alkanes) is 1. The lowest BCUT2D eigenvalue weighted by atomic mass is 10.1. The molecule has 0 spiro atoms. The van der Waals surface area contributed by atoms with Crippen LogP contribution in [0.5, 0.6) is 0 Å². The summed E-state index contributed by atoms with van der Waals surface area (Å²) in [4.78, 5) is 12.0. The second-order valence-electron chi connectivity index (χ2n) is 4.44. The number of hydrogen-bond acceptors (Lipinski definition) is 1. The van der Waals surface area contributed by atoms with Gasteiger partial charge in [-0.3, -0.25) is 4.79 Å². The minimum atomic E-state index is -0.0125. The zero-order chi connectivity index (χ0) is 13.4. The number of nitrogens with one attached hydrogen (secondary N) is 1. The van der Waals surface area contributed by atoms with E-state index in [-0.39, 0.29) is 11.9 Å². The maximum atomic E-state index is 12.0. The molecule has 1 N–H and O–H groups in total. The Hall–Kier alpha value is -1.75. The summed E-state index contributed by atoms with van der Waals surface area (Å²) in [6.07, 6.45) is 9.60. The van der Waals surface area contributed by atoms with Crippen LogP contribution in [0.15, 0.2) is 24.3 Å². The fraction of sp³-hybridized carbons (Fsp3) is 0.438. The Balaban J connectivity index is 2.60. The van der Waals surface area contributed by atoms with Gasteiger partial charge in [0.25, 0.3) is 5.91 Å². The van der Waals surface area contributed by atoms with Gasteiger partial charge >= 0.3 is 0 Å². The molecule has 0 heterocycles. The number of carbonyl (C=O) groups excluding carboxylic acids is 1. The number of rotatable bonds is 6. The maximum absolute atomic E-state index is 12.0. The average Bonchev–Trinajstić information content (AvgIpc) is 2.43. The van der Waals surface area contributed by atoms with Crippen molar-refractivity contribution in [2.24, 2.45) is 0 Å². The van der Waals surface area contributed by atoms with E-state index < -0.39 is 0 Å². The second-order valence-corrected chi connectivity index (χ2v) is 4.44. The van der Waals surface area contributed by atoms with Crippen LogP contribution in [0.25, 0.3) is 0 Å². The van der Waals surface area contributed by atoms with Crippen LogP contribution in [-0.2, 0) is 0 Å². The Morgan fingerprint density at radius 2 is 2.00 bits per heavy atom. The van der Waals surface area contributed by atoms with Crippen LogP contribution >= 0.6 is 0 Å². The quantitative estimate of drug-likeness (QED) is 0.763. The molecule has 18 heavy (non-hydrogen) atoms. The van der Waals surface area contributed by atoms with Gasteiger partial charge < -0.3 is 5.32 Å². The summed E-state index contributed by atoms with van der Waals surface area (Å²) < 4.78 is 0. The van der Waals surface area contributed by atoms with Gasteiger partial charge in [-0.15, -0.1) is 6.42 Å². The monoisotopic (exact) mass is 243 g/mol. The standard InChI is InChI=1S/C16H21NO/c1-4-7-8-15(6-3)17-16(18)14-11-9-13(5-2)10-12-14/h2,9-12,15H,4,6-8H2,1,3H3,(H,17,18). The average molecular weight is 243 g/mol. The fourth-order valence-electron chi connectivity index (χ4n) is 1.82. The lowest BCUT2D eigenvalue weighted by molar-refractivity contribution is 0.0933. The van der Waals surface area contributed by atoms with Crippen molar-refractivity contribution in [3.63, 3.8) is 0 Å². The van der Waals surface area contributed by atoms with Gasteiger partial charge in [-0.1, -0.05) is 32.6 Å². The van der Waals surface area contributed by atoms with Gasteiger partial charge in [0.2, 0.25) is 0 Å². The first-order valence-electron chi connectivity index (χ1n) is 6.58. The topological polar surface area (TPSA) is 29.1 Å². The van der Waals surface area contributed by atoms with E-state index in [1.165, 1.54) is 0 Å². The van der Waals surface area contributed by atoms with Crippen LogP contribution in [0, 0.1) is 12.3 Å². The summed E-state index contributed by atoms with van der Waals surface area (Å²) in [7, 11) is 0. The summed E-state index contributed by atoms with van der Waals surface area (Å²) in [6.45, 7) is 4.26. The molecular weight excluding hydrogens is 222 g/mol. The molecule has 0 aliphatic carbocycles. The molecule has 2 nitrogen and oxygen atoms in total. The highest BCUT2D eigenvalue weighted by Crippen LogP contribution is 2.07. The van der Waals surface area contributed by atoms with Gasteiger partial charge in [-0.2, -0.15) is 0 Å². The van der Waals surface area contributed by atoms with Gasteiger partial charge in [-0.25, -0.2) is 0 Å². The molecule has 1 atom stereocenters. The van der Waals surface area contributed by atoms with Crippen molar-refractivity contribution >= 4 is 5.91 Å². The van der Waals surface area contributed by atoms with Gasteiger partial charge in [0.05, 0.1) is 0 Å². The van der Waals surface area contributed by atoms with Crippen LogP contribution in [-0.4, -0.2) is 11.9 Å². The summed E-state index contributed by atoms with van der Waals surface area (Å²) in [5.74, 6) is 2.53. The molecule has 1 amide bonds. The Morgan fingerprint density at radius 3 is 2.50 bits per heavy atom. The first-order valence-corrected chi connectivity index (χ1v) is 6.58. The molecule has 0 saturated carbocycles. The third-order valence-electron chi connectivity index (χ3n) is 3.05. The Kier molecular flexibility index (Phi) is 6.00. The maximum Gasteiger partial charge on any atom is 0.251 e. The van der Waals surface area contributed by atoms with Crippen molar-refractivity contribution in [3.8, 4) is 12.3 Å². The zero-order valence-electron chi connectivity index (χ0n) is 11.2. The smallest absolute Gasteiger partial charge is 0.251 e. The molecule has 96 valence electrons. The first-order chi connectivity index (χ1) is 8.71. The third kappa shape index (κ3) is 4.25. The molecule has 1 unspecified atom stereocenters. The molecule has 0 aliphatic rings. The molecule has 0 bridgehead atoms. The number of amides is 1. The SMILES string of the molecule is C#Cc1ccc(C(=O)NC(CC)CCCC)cc1. The number of terminal acetylenes is 1. The molecular formula is C16H21NO. The van der Waals surface area contributed by atoms with Gasteiger partial charge in [-0.05, 0) is 37.1 Å². The summed E-state index contributed by atoms with van der Waals surface area (Å²) in [5, 5.41) is 3.06. The summed E-state index contributed by atoms with van der Waals surface area (Å²) in [6, 6.07) is 7.41. The first kappa shape index (κ1) is 14.3. The van der Waals surface area contributed by atoms with Crippen molar-refractivity contribution in [1.29, 1.82) is 0 Å². The predicted octanol–water partition coefficient (Wildman–Crippen LogP) is 3.37. The fourth-order valence-corrected chi connectivity index (χ4v) is 1.82. The molecule has 0 radical (unpaired) electrons. The van der Waals surface area contributed by atoms with E-state index in [0.717, 1.165) is 31.2 Å². The minimum Gasteiger partial charge on any atom is -0.349 e. The highest BCUT2D eigenvalue weighted by molar-refractivity contribution is 5.94. The second kappa shape index (κ2) is 7.55. The molecule has 1 rings (SSSR count). The molecule has 1 aromatic carbocycles. The van der Waals surface area contributed by atoms with E-state index >= 15 is 0 Å². The Labute approximate surface area is 110 Å². The van der Waals surface area contributed by atoms with Crippen LogP contribution < -0.4 is 5.32 Å². The molecule has 0 aliphatic heterocycles. The van der Waals surface area contributed by atoms with Crippen LogP contribution in [0.3, 0.4) is 0 Å². The van der Waals surface area contributed by atoms with Crippen LogP contribution in [0.4, 0.5) is 0 Å². The lowest BCUT2D eigenvalue weighted by Crippen LogP contribution is -2.34. The molecule has 0 aromatic heterocycles. The van der Waals surface area contributed by atoms with Crippen LogP contribution in [0.2, 0.25) is 0 Å². The minimum absolute atomic E-state index is 0.0125. The normalized spacial score (nSPS) is 11.6. The van der Waals surface area contributed by atoms with Crippen molar-refractivity contribution in [3.05, 3.63) is 35.4 Å². The van der Waals surface area contributed by atoms with E-state index in [2.05, 4.69) is 25.1 Å². The van der Waals surface area contributed by atoms with E-state index in [0.29, 0.717) is 5.56 Å². The van der Waals surface area contributed by atoms with E-state index in [1.807, 2.05) is 0 Å². The number of carbonyl (C=O) groups is 1. The third-order valence-corrected chi connectivity index (χ3v) is 3.05. The van der Waals surface area contributed by atoms with Crippen LogP contribution in [0.1, 0.15) is 55.5 Å². The zero-order valence-corrected chi connectivity index (χ0v) is 11.2. The van der Waals surface area contributed by atoms with E-state index in [9.17, 15) is 4.79 Å². The highest BCUT2D eigenvalue weighted by atomic mass is 16.1. The molecule has 2 heteroatoms. The lowest BCUT2D eigenvalue weighted by Gasteiger charge is -2.16. The van der Waals surface area contributed by atoms with Crippen molar-refractivity contribution in [1.82, 2.24) is 5.32 Å². The Bertz CT molecular complexity index is 414. The molecule has 1 aromatic rings. The summed E-state index contributed by atoms with van der Waals surface area (Å²) in [5.41, 5.74) is 1.47. The highest BCUT2D eigenvalue weighted by Gasteiger charge is 2.11. The van der Waals surface area contributed by atoms with Gasteiger partial charge in [0.1, 0.15) is 0 Å². The number of benzene rings is 1. The van der Waals surface area contributed by atoms with E-state index in [1.54, 1.807) is 24.3 Å². The summed E-state index contributed by atoms with van der Waals surface area (Å²) >= 11 is 0. The largest absolute Gasteiger partial charge is 0.349 e.